The molecular formula is C18H18F2N2O2. The van der Waals surface area contributed by atoms with E-state index in [1.54, 1.807) is 12.3 Å². The summed E-state index contributed by atoms with van der Waals surface area (Å²) in [5, 5.41) is 2.71. The van der Waals surface area contributed by atoms with Crippen LogP contribution in [0.5, 0.6) is 5.88 Å². The number of hydrogen-bond acceptors (Lipinski definition) is 3. The molecule has 0 bridgehead atoms. The molecule has 4 nitrogen and oxygen atoms in total. The van der Waals surface area contributed by atoms with Crippen LogP contribution in [0.1, 0.15) is 36.0 Å². The van der Waals surface area contributed by atoms with Crippen LogP contribution in [0.3, 0.4) is 0 Å². The Morgan fingerprint density at radius 2 is 1.75 bits per heavy atom. The summed E-state index contributed by atoms with van der Waals surface area (Å²) in [5.74, 6) is -1.82. The Balaban J connectivity index is 1.53. The average molecular weight is 332 g/mol. The summed E-state index contributed by atoms with van der Waals surface area (Å²) >= 11 is 0. The van der Waals surface area contributed by atoms with E-state index in [-0.39, 0.29) is 12.1 Å². The van der Waals surface area contributed by atoms with Gasteiger partial charge in [-0.05, 0) is 43.9 Å². The molecule has 1 fully saturated rings. The van der Waals surface area contributed by atoms with Crippen molar-refractivity contribution in [3.05, 3.63) is 59.8 Å². The first-order chi connectivity index (χ1) is 11.6. The Bertz CT molecular complexity index is 681. The number of ether oxygens (including phenoxy) is 1. The van der Waals surface area contributed by atoms with Crippen molar-refractivity contribution in [3.63, 3.8) is 0 Å². The maximum absolute atomic E-state index is 13.6. The summed E-state index contributed by atoms with van der Waals surface area (Å²) < 4.78 is 33.1. The highest BCUT2D eigenvalue weighted by Gasteiger charge is 2.26. The van der Waals surface area contributed by atoms with E-state index in [4.69, 9.17) is 4.74 Å². The minimum atomic E-state index is -0.848. The van der Waals surface area contributed by atoms with Crippen LogP contribution in [0.25, 0.3) is 0 Å². The van der Waals surface area contributed by atoms with Gasteiger partial charge in [0.15, 0.2) is 0 Å². The van der Waals surface area contributed by atoms with Gasteiger partial charge in [0.1, 0.15) is 23.3 Å². The van der Waals surface area contributed by atoms with Gasteiger partial charge in [0, 0.05) is 18.3 Å². The highest BCUT2D eigenvalue weighted by molar-refractivity contribution is 5.94. The zero-order valence-corrected chi connectivity index (χ0v) is 13.0. The summed E-state index contributed by atoms with van der Waals surface area (Å²) in [6.45, 7) is 0. The predicted molar refractivity (Wildman–Crippen MR) is 84.7 cm³/mol. The molecule has 2 aromatic rings. The summed E-state index contributed by atoms with van der Waals surface area (Å²) in [6.07, 6.45) is 4.60. The number of benzene rings is 1. The molecule has 1 aliphatic carbocycles. The van der Waals surface area contributed by atoms with E-state index >= 15 is 0 Å². The molecule has 1 N–H and O–H groups in total. The third kappa shape index (κ3) is 3.88. The monoisotopic (exact) mass is 332 g/mol. The average Bonchev–Trinajstić information content (AvgIpc) is 2.57. The van der Waals surface area contributed by atoms with Gasteiger partial charge < -0.3 is 10.1 Å². The first-order valence-corrected chi connectivity index (χ1v) is 7.96. The first kappa shape index (κ1) is 16.4. The van der Waals surface area contributed by atoms with Crippen LogP contribution in [0.4, 0.5) is 8.78 Å². The van der Waals surface area contributed by atoms with E-state index in [0.29, 0.717) is 18.7 Å². The molecule has 3 rings (SSSR count). The number of aromatic nitrogens is 1. The Kier molecular flexibility index (Phi) is 5.03. The maximum atomic E-state index is 13.6. The second-order valence-corrected chi connectivity index (χ2v) is 5.83. The molecule has 1 heterocycles. The molecule has 0 unspecified atom stereocenters. The van der Waals surface area contributed by atoms with Crippen molar-refractivity contribution >= 4 is 5.91 Å². The van der Waals surface area contributed by atoms with E-state index in [1.165, 1.54) is 6.07 Å². The van der Waals surface area contributed by atoms with E-state index in [0.717, 1.165) is 25.0 Å². The Morgan fingerprint density at radius 3 is 2.38 bits per heavy atom. The van der Waals surface area contributed by atoms with Crippen LogP contribution in [0.15, 0.2) is 42.6 Å². The lowest BCUT2D eigenvalue weighted by Crippen LogP contribution is -2.40. The van der Waals surface area contributed by atoms with Crippen molar-refractivity contribution in [1.29, 1.82) is 0 Å². The zero-order chi connectivity index (χ0) is 16.9. The van der Waals surface area contributed by atoms with Gasteiger partial charge in [-0.3, -0.25) is 4.79 Å². The SMILES string of the molecule is O=C(NC1CCC(Oc2ccccn2)CC1)c1c(F)cccc1F. The number of nitrogens with zero attached hydrogens (tertiary/aromatic N) is 1. The number of pyridine rings is 1. The van der Waals surface area contributed by atoms with E-state index in [2.05, 4.69) is 10.3 Å². The summed E-state index contributed by atoms with van der Waals surface area (Å²) in [6, 6.07) is 8.76. The molecule has 0 saturated heterocycles. The summed E-state index contributed by atoms with van der Waals surface area (Å²) in [5.41, 5.74) is -0.524. The third-order valence-corrected chi connectivity index (χ3v) is 4.12. The van der Waals surface area contributed by atoms with Crippen molar-refractivity contribution in [2.45, 2.75) is 37.8 Å². The second-order valence-electron chi connectivity index (χ2n) is 5.83. The van der Waals surface area contributed by atoms with Crippen LogP contribution < -0.4 is 10.1 Å². The smallest absolute Gasteiger partial charge is 0.257 e. The Morgan fingerprint density at radius 1 is 1.04 bits per heavy atom. The van der Waals surface area contributed by atoms with Crippen LogP contribution in [0, 0.1) is 11.6 Å². The molecule has 1 saturated carbocycles. The van der Waals surface area contributed by atoms with Crippen molar-refractivity contribution in [2.24, 2.45) is 0 Å². The number of halogens is 2. The number of amides is 1. The molecule has 1 amide bonds. The van der Waals surface area contributed by atoms with Crippen LogP contribution >= 0.6 is 0 Å². The van der Waals surface area contributed by atoms with E-state index in [9.17, 15) is 13.6 Å². The van der Waals surface area contributed by atoms with Crippen molar-refractivity contribution in [1.82, 2.24) is 10.3 Å². The van der Waals surface area contributed by atoms with Gasteiger partial charge in [-0.1, -0.05) is 12.1 Å². The van der Waals surface area contributed by atoms with Crippen molar-refractivity contribution in [2.75, 3.05) is 0 Å². The standard InChI is InChI=1S/C18H18F2N2O2/c19-14-4-3-5-15(20)17(14)18(23)22-12-7-9-13(10-8-12)24-16-6-1-2-11-21-16/h1-6,11-13H,7-10H2,(H,22,23). The molecule has 0 aliphatic heterocycles. The number of nitrogens with one attached hydrogen (secondary N) is 1. The molecule has 1 aliphatic rings. The lowest BCUT2D eigenvalue weighted by molar-refractivity contribution is 0.0882. The third-order valence-electron chi connectivity index (χ3n) is 4.12. The van der Waals surface area contributed by atoms with Gasteiger partial charge >= 0.3 is 0 Å². The maximum Gasteiger partial charge on any atom is 0.257 e. The highest BCUT2D eigenvalue weighted by Crippen LogP contribution is 2.23. The summed E-state index contributed by atoms with van der Waals surface area (Å²) in [7, 11) is 0. The largest absolute Gasteiger partial charge is 0.474 e. The zero-order valence-electron chi connectivity index (χ0n) is 13.0. The van der Waals surface area contributed by atoms with Gasteiger partial charge in [-0.2, -0.15) is 0 Å². The minimum Gasteiger partial charge on any atom is -0.474 e. The van der Waals surface area contributed by atoms with Crippen LogP contribution in [-0.4, -0.2) is 23.0 Å². The lowest BCUT2D eigenvalue weighted by Gasteiger charge is -2.29. The quantitative estimate of drug-likeness (QED) is 0.932. The molecule has 0 radical (unpaired) electrons. The Hall–Kier alpha value is -2.50. The van der Waals surface area contributed by atoms with Gasteiger partial charge in [0.2, 0.25) is 5.88 Å². The lowest BCUT2D eigenvalue weighted by atomic mass is 9.92. The molecule has 1 aromatic carbocycles. The molecule has 0 atom stereocenters. The molecule has 1 aromatic heterocycles. The molecule has 24 heavy (non-hydrogen) atoms. The normalized spacial score (nSPS) is 20.4. The first-order valence-electron chi connectivity index (χ1n) is 7.96. The minimum absolute atomic E-state index is 0.0400. The van der Waals surface area contributed by atoms with E-state index in [1.807, 2.05) is 12.1 Å². The number of hydrogen-bond donors (Lipinski definition) is 1. The topological polar surface area (TPSA) is 51.2 Å². The molecular weight excluding hydrogens is 314 g/mol. The molecule has 6 heteroatoms. The fourth-order valence-corrected chi connectivity index (χ4v) is 2.88. The van der Waals surface area contributed by atoms with E-state index < -0.39 is 23.1 Å². The number of carbonyl (C=O) groups is 1. The Labute approximate surface area is 138 Å². The highest BCUT2D eigenvalue weighted by atomic mass is 19.1. The van der Waals surface area contributed by atoms with Gasteiger partial charge in [0.25, 0.3) is 5.91 Å². The van der Waals surface area contributed by atoms with Crippen molar-refractivity contribution < 1.29 is 18.3 Å². The predicted octanol–water partition coefficient (Wildman–Crippen LogP) is 3.48. The van der Waals surface area contributed by atoms with Crippen LogP contribution in [-0.2, 0) is 0 Å². The molecule has 0 spiro atoms. The van der Waals surface area contributed by atoms with Crippen molar-refractivity contribution in [3.8, 4) is 5.88 Å². The summed E-state index contributed by atoms with van der Waals surface area (Å²) in [4.78, 5) is 16.2. The van der Waals surface area contributed by atoms with Gasteiger partial charge in [0.05, 0.1) is 0 Å². The molecule has 126 valence electrons. The fraction of sp³-hybridized carbons (Fsp3) is 0.333. The number of rotatable bonds is 4. The van der Waals surface area contributed by atoms with Gasteiger partial charge in [-0.15, -0.1) is 0 Å². The van der Waals surface area contributed by atoms with Gasteiger partial charge in [-0.25, -0.2) is 13.8 Å². The fourth-order valence-electron chi connectivity index (χ4n) is 2.88. The van der Waals surface area contributed by atoms with Crippen LogP contribution in [0.2, 0.25) is 0 Å². The number of carbonyl (C=O) groups excluding carboxylic acids is 1. The second kappa shape index (κ2) is 7.38.